The summed E-state index contributed by atoms with van der Waals surface area (Å²) in [5, 5.41) is 6.31. The fourth-order valence-corrected chi connectivity index (χ4v) is 5.41. The van der Waals surface area contributed by atoms with Crippen LogP contribution in [0.4, 0.5) is 5.82 Å². The van der Waals surface area contributed by atoms with Gasteiger partial charge in [0, 0.05) is 41.1 Å². The van der Waals surface area contributed by atoms with E-state index in [-0.39, 0.29) is 17.1 Å². The van der Waals surface area contributed by atoms with Crippen LogP contribution in [0.1, 0.15) is 50.7 Å². The average Bonchev–Trinajstić information content (AvgIpc) is 2.91. The molecule has 0 bridgehead atoms. The van der Waals surface area contributed by atoms with Gasteiger partial charge in [-0.15, -0.1) is 0 Å². The van der Waals surface area contributed by atoms with Gasteiger partial charge in [-0.1, -0.05) is 56.3 Å². The molecule has 0 spiro atoms. The normalized spacial score (nSPS) is 18.3. The molecule has 2 aliphatic rings. The molecule has 0 saturated carbocycles. The van der Waals surface area contributed by atoms with Crippen molar-refractivity contribution in [3.8, 4) is 11.5 Å². The maximum Gasteiger partial charge on any atom is 0.255 e. The number of anilines is 1. The molecule has 0 saturated heterocycles. The molecule has 1 amide bonds. The number of hydrogen-bond acceptors (Lipinski definition) is 6. The van der Waals surface area contributed by atoms with E-state index in [1.807, 2.05) is 61.5 Å². The number of aromatic nitrogens is 1. The van der Waals surface area contributed by atoms with Gasteiger partial charge in [0.2, 0.25) is 0 Å². The van der Waals surface area contributed by atoms with E-state index < -0.39 is 5.92 Å². The van der Waals surface area contributed by atoms with E-state index in [9.17, 15) is 9.59 Å². The molecule has 7 heteroatoms. The van der Waals surface area contributed by atoms with Gasteiger partial charge in [-0.25, -0.2) is 4.98 Å². The Bertz CT molecular complexity index is 1460. The number of ketones is 1. The van der Waals surface area contributed by atoms with Gasteiger partial charge < -0.3 is 20.1 Å². The zero-order chi connectivity index (χ0) is 27.6. The van der Waals surface area contributed by atoms with Crippen LogP contribution in [-0.2, 0) is 16.2 Å². The molecule has 39 heavy (non-hydrogen) atoms. The SMILES string of the molecule is COc1cc([C@H]2C(C(=O)Nc3ccccn3)=C(C)NC3=C2C(=O)CC(C)(C)C3)ccc1OCc1ccccc1. The van der Waals surface area contributed by atoms with Gasteiger partial charge in [-0.05, 0) is 54.2 Å². The first-order valence-corrected chi connectivity index (χ1v) is 13.1. The van der Waals surface area contributed by atoms with Crippen LogP contribution in [0, 0.1) is 5.41 Å². The van der Waals surface area contributed by atoms with E-state index >= 15 is 0 Å². The average molecular weight is 524 g/mol. The smallest absolute Gasteiger partial charge is 0.255 e. The number of nitrogens with zero attached hydrogens (tertiary/aromatic N) is 1. The first kappa shape index (κ1) is 26.2. The van der Waals surface area contributed by atoms with Gasteiger partial charge in [-0.3, -0.25) is 9.59 Å². The molecule has 0 fully saturated rings. The van der Waals surface area contributed by atoms with Crippen molar-refractivity contribution in [2.45, 2.75) is 46.1 Å². The summed E-state index contributed by atoms with van der Waals surface area (Å²) in [4.78, 5) is 31.6. The highest BCUT2D eigenvalue weighted by Gasteiger charge is 2.43. The molecule has 0 radical (unpaired) electrons. The van der Waals surface area contributed by atoms with E-state index in [1.54, 1.807) is 25.4 Å². The predicted octanol–water partition coefficient (Wildman–Crippen LogP) is 5.91. The number of rotatable bonds is 7. The Kier molecular flexibility index (Phi) is 7.24. The molecule has 2 aromatic carbocycles. The number of methoxy groups -OCH3 is 1. The summed E-state index contributed by atoms with van der Waals surface area (Å²) in [6.07, 6.45) is 2.75. The second-order valence-corrected chi connectivity index (χ2v) is 10.8. The molecule has 1 atom stereocenters. The number of amides is 1. The summed E-state index contributed by atoms with van der Waals surface area (Å²) in [6, 6.07) is 20.9. The maximum atomic E-state index is 13.7. The summed E-state index contributed by atoms with van der Waals surface area (Å²) in [6.45, 7) is 6.46. The van der Waals surface area contributed by atoms with E-state index in [1.165, 1.54) is 0 Å². The van der Waals surface area contributed by atoms with E-state index in [4.69, 9.17) is 9.47 Å². The van der Waals surface area contributed by atoms with Crippen LogP contribution in [0.5, 0.6) is 11.5 Å². The molecule has 0 unspecified atom stereocenters. The highest BCUT2D eigenvalue weighted by molar-refractivity contribution is 6.09. The lowest BCUT2D eigenvalue weighted by Crippen LogP contribution is -2.39. The van der Waals surface area contributed by atoms with Gasteiger partial charge in [0.05, 0.1) is 7.11 Å². The van der Waals surface area contributed by atoms with Crippen molar-refractivity contribution in [2.75, 3.05) is 12.4 Å². The van der Waals surface area contributed by atoms with Crippen molar-refractivity contribution in [3.05, 3.63) is 107 Å². The third-order valence-electron chi connectivity index (χ3n) is 7.15. The number of nitrogens with one attached hydrogen (secondary N) is 2. The minimum Gasteiger partial charge on any atom is -0.493 e. The van der Waals surface area contributed by atoms with E-state index in [0.29, 0.717) is 53.6 Å². The molecule has 3 aromatic rings. The lowest BCUT2D eigenvalue weighted by atomic mass is 9.68. The van der Waals surface area contributed by atoms with Crippen LogP contribution in [0.15, 0.2) is 95.5 Å². The van der Waals surface area contributed by atoms with Crippen molar-refractivity contribution in [3.63, 3.8) is 0 Å². The number of allylic oxidation sites excluding steroid dienone is 3. The molecule has 200 valence electrons. The number of dihydropyridines is 1. The second-order valence-electron chi connectivity index (χ2n) is 10.8. The topological polar surface area (TPSA) is 89.5 Å². The molecular weight excluding hydrogens is 490 g/mol. The Labute approximate surface area is 228 Å². The van der Waals surface area contributed by atoms with Gasteiger partial charge >= 0.3 is 0 Å². The third kappa shape index (κ3) is 5.58. The van der Waals surface area contributed by atoms with E-state index in [2.05, 4.69) is 29.5 Å². The quantitative estimate of drug-likeness (QED) is 0.400. The summed E-state index contributed by atoms with van der Waals surface area (Å²) in [7, 11) is 1.59. The number of Topliss-reactive ketones (excluding diaryl/α,β-unsaturated/α-hetero) is 1. The highest BCUT2D eigenvalue weighted by atomic mass is 16.5. The molecule has 1 aliphatic heterocycles. The first-order chi connectivity index (χ1) is 18.8. The molecule has 2 heterocycles. The van der Waals surface area contributed by atoms with Gasteiger partial charge in [0.15, 0.2) is 17.3 Å². The van der Waals surface area contributed by atoms with Crippen molar-refractivity contribution in [1.82, 2.24) is 10.3 Å². The second kappa shape index (κ2) is 10.8. The lowest BCUT2D eigenvalue weighted by Gasteiger charge is -2.39. The number of ether oxygens (including phenoxy) is 2. The number of hydrogen-bond donors (Lipinski definition) is 2. The fraction of sp³-hybridized carbons (Fsp3) is 0.281. The zero-order valence-electron chi connectivity index (χ0n) is 22.7. The highest BCUT2D eigenvalue weighted by Crippen LogP contribution is 2.47. The molecule has 5 rings (SSSR count). The Hall–Kier alpha value is -4.39. The van der Waals surface area contributed by atoms with Gasteiger partial charge in [0.25, 0.3) is 5.91 Å². The largest absolute Gasteiger partial charge is 0.493 e. The number of benzene rings is 2. The molecule has 1 aliphatic carbocycles. The number of pyridine rings is 1. The Balaban J connectivity index is 1.54. The van der Waals surface area contributed by atoms with Crippen molar-refractivity contribution >= 4 is 17.5 Å². The van der Waals surface area contributed by atoms with Gasteiger partial charge in [0.1, 0.15) is 12.4 Å². The number of carbonyl (C=O) groups excluding carboxylic acids is 2. The van der Waals surface area contributed by atoms with Crippen LogP contribution in [0.3, 0.4) is 0 Å². The summed E-state index contributed by atoms with van der Waals surface area (Å²) < 4.78 is 11.8. The first-order valence-electron chi connectivity index (χ1n) is 13.1. The Morgan fingerprint density at radius 2 is 1.82 bits per heavy atom. The Morgan fingerprint density at radius 3 is 2.54 bits per heavy atom. The number of carbonyl (C=O) groups is 2. The van der Waals surface area contributed by atoms with Crippen LogP contribution in [0.25, 0.3) is 0 Å². The minimum absolute atomic E-state index is 0.0396. The van der Waals surface area contributed by atoms with Crippen LogP contribution >= 0.6 is 0 Å². The maximum absolute atomic E-state index is 13.7. The molecular formula is C32H33N3O4. The van der Waals surface area contributed by atoms with Gasteiger partial charge in [-0.2, -0.15) is 0 Å². The van der Waals surface area contributed by atoms with Crippen molar-refractivity contribution < 1.29 is 19.1 Å². The molecule has 1 aromatic heterocycles. The standard InChI is InChI=1S/C32H33N3O4/c1-20-28(31(37)35-27-12-8-9-15-33-27)29(30-23(34-20)17-32(2,3)18-24(30)36)22-13-14-25(26(16-22)38-4)39-19-21-10-6-5-7-11-21/h5-16,29,34H,17-19H2,1-4H3,(H,33,35,37)/t29-/m0/s1. The summed E-state index contributed by atoms with van der Waals surface area (Å²) in [5.74, 6) is 0.735. The van der Waals surface area contributed by atoms with Crippen molar-refractivity contribution in [1.29, 1.82) is 0 Å². The Morgan fingerprint density at radius 1 is 1.05 bits per heavy atom. The van der Waals surface area contributed by atoms with Crippen LogP contribution < -0.4 is 20.1 Å². The molecule has 2 N–H and O–H groups in total. The van der Waals surface area contributed by atoms with Crippen LogP contribution in [0.2, 0.25) is 0 Å². The fourth-order valence-electron chi connectivity index (χ4n) is 5.41. The minimum atomic E-state index is -0.564. The zero-order valence-corrected chi connectivity index (χ0v) is 22.7. The van der Waals surface area contributed by atoms with Crippen molar-refractivity contribution in [2.24, 2.45) is 5.41 Å². The van der Waals surface area contributed by atoms with E-state index in [0.717, 1.165) is 16.8 Å². The van der Waals surface area contributed by atoms with Crippen LogP contribution in [-0.4, -0.2) is 23.8 Å². The monoisotopic (exact) mass is 523 g/mol. The summed E-state index contributed by atoms with van der Waals surface area (Å²) >= 11 is 0. The lowest BCUT2D eigenvalue weighted by molar-refractivity contribution is -0.118. The third-order valence-corrected chi connectivity index (χ3v) is 7.15. The summed E-state index contributed by atoms with van der Waals surface area (Å²) in [5.41, 5.74) is 4.34. The predicted molar refractivity (Wildman–Crippen MR) is 150 cm³/mol. The molecule has 7 nitrogen and oxygen atoms in total.